The zero-order valence-electron chi connectivity index (χ0n) is 11.8. The minimum absolute atomic E-state index is 0.00200. The average molecular weight is 290 g/mol. The highest BCUT2D eigenvalue weighted by atomic mass is 32.2. The van der Waals surface area contributed by atoms with E-state index in [0.717, 1.165) is 11.0 Å². The molecular weight excluding hydrogens is 268 g/mol. The molecule has 2 atom stereocenters. The van der Waals surface area contributed by atoms with Gasteiger partial charge in [0.2, 0.25) is 0 Å². The monoisotopic (exact) mass is 290 g/mol. The molecular formula is C17H22O2S. The van der Waals surface area contributed by atoms with Crippen LogP contribution in [0.2, 0.25) is 0 Å². The number of esters is 1. The fourth-order valence-electron chi connectivity index (χ4n) is 3.24. The van der Waals surface area contributed by atoms with Gasteiger partial charge in [-0.05, 0) is 18.4 Å². The molecule has 0 radical (unpaired) electrons. The van der Waals surface area contributed by atoms with E-state index in [2.05, 4.69) is 12.1 Å². The Morgan fingerprint density at radius 3 is 2.60 bits per heavy atom. The Labute approximate surface area is 125 Å². The van der Waals surface area contributed by atoms with Gasteiger partial charge in [-0.2, -0.15) is 11.8 Å². The summed E-state index contributed by atoms with van der Waals surface area (Å²) >= 11 is 2.00. The van der Waals surface area contributed by atoms with Gasteiger partial charge < -0.3 is 4.74 Å². The SMILES string of the molecule is O=C1OCC(c2ccccc2)C1CSC1CCCCC1. The normalized spacial score (nSPS) is 27.5. The van der Waals surface area contributed by atoms with Gasteiger partial charge in [0, 0.05) is 16.9 Å². The van der Waals surface area contributed by atoms with Gasteiger partial charge in [-0.25, -0.2) is 0 Å². The molecule has 0 amide bonds. The number of benzene rings is 1. The number of thioether (sulfide) groups is 1. The minimum atomic E-state index is 0.00200. The first kappa shape index (κ1) is 14.0. The highest BCUT2D eigenvalue weighted by molar-refractivity contribution is 7.99. The minimum Gasteiger partial charge on any atom is -0.465 e. The van der Waals surface area contributed by atoms with Crippen LogP contribution in [0.4, 0.5) is 0 Å². The van der Waals surface area contributed by atoms with Gasteiger partial charge in [0.1, 0.15) is 0 Å². The predicted molar refractivity (Wildman–Crippen MR) is 83.0 cm³/mol. The Morgan fingerprint density at radius 1 is 1.10 bits per heavy atom. The van der Waals surface area contributed by atoms with Crippen molar-refractivity contribution in [1.82, 2.24) is 0 Å². The molecule has 1 saturated carbocycles. The van der Waals surface area contributed by atoms with Crippen LogP contribution in [0.1, 0.15) is 43.6 Å². The van der Waals surface area contributed by atoms with Crippen LogP contribution < -0.4 is 0 Å². The first-order valence-corrected chi connectivity index (χ1v) is 8.72. The van der Waals surface area contributed by atoms with Crippen LogP contribution in [-0.2, 0) is 9.53 Å². The number of carbonyl (C=O) groups is 1. The third-order valence-corrected chi connectivity index (χ3v) is 5.98. The van der Waals surface area contributed by atoms with E-state index in [1.54, 1.807) is 0 Å². The van der Waals surface area contributed by atoms with Gasteiger partial charge in [0.25, 0.3) is 0 Å². The van der Waals surface area contributed by atoms with Crippen LogP contribution in [0.15, 0.2) is 30.3 Å². The van der Waals surface area contributed by atoms with E-state index in [9.17, 15) is 4.79 Å². The highest BCUT2D eigenvalue weighted by Gasteiger charge is 2.38. The fraction of sp³-hybridized carbons (Fsp3) is 0.588. The predicted octanol–water partition coefficient (Wildman–Crippen LogP) is 4.01. The molecule has 0 spiro atoms. The molecule has 3 rings (SSSR count). The summed E-state index contributed by atoms with van der Waals surface area (Å²) in [5.74, 6) is 1.22. The van der Waals surface area contributed by atoms with Crippen LogP contribution in [0.3, 0.4) is 0 Å². The summed E-state index contributed by atoms with van der Waals surface area (Å²) in [6.07, 6.45) is 6.74. The third kappa shape index (κ3) is 3.20. The number of carbonyl (C=O) groups excluding carboxylic acids is 1. The molecule has 2 nitrogen and oxygen atoms in total. The molecule has 0 N–H and O–H groups in total. The molecule has 0 aromatic heterocycles. The number of hydrogen-bond acceptors (Lipinski definition) is 3. The van der Waals surface area contributed by atoms with Crippen molar-refractivity contribution in [1.29, 1.82) is 0 Å². The van der Waals surface area contributed by atoms with Gasteiger partial charge in [-0.1, -0.05) is 49.6 Å². The quantitative estimate of drug-likeness (QED) is 0.784. The van der Waals surface area contributed by atoms with Crippen molar-refractivity contribution in [2.45, 2.75) is 43.3 Å². The van der Waals surface area contributed by atoms with Crippen LogP contribution in [0.5, 0.6) is 0 Å². The summed E-state index contributed by atoms with van der Waals surface area (Å²) < 4.78 is 5.32. The molecule has 0 bridgehead atoms. The van der Waals surface area contributed by atoms with Crippen molar-refractivity contribution >= 4 is 17.7 Å². The molecule has 2 fully saturated rings. The van der Waals surface area contributed by atoms with Crippen molar-refractivity contribution in [3.05, 3.63) is 35.9 Å². The topological polar surface area (TPSA) is 26.3 Å². The first-order chi connectivity index (χ1) is 9.84. The molecule has 2 aliphatic rings. The molecule has 20 heavy (non-hydrogen) atoms. The molecule has 1 aliphatic carbocycles. The second-order valence-corrected chi connectivity index (χ2v) is 7.18. The second kappa shape index (κ2) is 6.66. The Hall–Kier alpha value is -0.960. The van der Waals surface area contributed by atoms with Gasteiger partial charge >= 0.3 is 5.97 Å². The molecule has 2 unspecified atom stereocenters. The summed E-state index contributed by atoms with van der Waals surface area (Å²) in [7, 11) is 0. The number of rotatable bonds is 4. The molecule has 1 aromatic carbocycles. The van der Waals surface area contributed by atoms with E-state index in [0.29, 0.717) is 6.61 Å². The van der Waals surface area contributed by atoms with Gasteiger partial charge in [-0.15, -0.1) is 0 Å². The van der Waals surface area contributed by atoms with Crippen molar-refractivity contribution in [3.63, 3.8) is 0 Å². The average Bonchev–Trinajstić information content (AvgIpc) is 2.88. The summed E-state index contributed by atoms with van der Waals surface area (Å²) in [5, 5.41) is 0.758. The van der Waals surface area contributed by atoms with Crippen molar-refractivity contribution in [3.8, 4) is 0 Å². The van der Waals surface area contributed by atoms with E-state index in [1.807, 2.05) is 30.0 Å². The number of ether oxygens (including phenoxy) is 1. The van der Waals surface area contributed by atoms with E-state index >= 15 is 0 Å². The lowest BCUT2D eigenvalue weighted by molar-refractivity contribution is -0.140. The lowest BCUT2D eigenvalue weighted by atomic mass is 9.90. The van der Waals surface area contributed by atoms with E-state index < -0.39 is 0 Å². The molecule has 108 valence electrons. The van der Waals surface area contributed by atoms with Gasteiger partial charge in [0.05, 0.1) is 12.5 Å². The third-order valence-electron chi connectivity index (χ3n) is 4.49. The molecule has 1 aromatic rings. The zero-order valence-corrected chi connectivity index (χ0v) is 12.6. The fourth-order valence-corrected chi connectivity index (χ4v) is 4.76. The Bertz CT molecular complexity index is 440. The van der Waals surface area contributed by atoms with E-state index in [-0.39, 0.29) is 17.8 Å². The van der Waals surface area contributed by atoms with Crippen LogP contribution in [0, 0.1) is 5.92 Å². The molecule has 3 heteroatoms. The Balaban J connectivity index is 1.62. The smallest absolute Gasteiger partial charge is 0.310 e. The van der Waals surface area contributed by atoms with Gasteiger partial charge in [-0.3, -0.25) is 4.79 Å². The first-order valence-electron chi connectivity index (χ1n) is 7.68. The summed E-state index contributed by atoms with van der Waals surface area (Å²) in [5.41, 5.74) is 1.24. The second-order valence-electron chi connectivity index (χ2n) is 5.85. The largest absolute Gasteiger partial charge is 0.465 e. The zero-order chi connectivity index (χ0) is 13.8. The van der Waals surface area contributed by atoms with Crippen molar-refractivity contribution in [2.24, 2.45) is 5.92 Å². The maximum absolute atomic E-state index is 12.0. The molecule has 1 aliphatic heterocycles. The summed E-state index contributed by atoms with van der Waals surface area (Å²) in [4.78, 5) is 12.0. The Morgan fingerprint density at radius 2 is 1.85 bits per heavy atom. The van der Waals surface area contributed by atoms with Gasteiger partial charge in [0.15, 0.2) is 0 Å². The number of hydrogen-bond donors (Lipinski definition) is 0. The van der Waals surface area contributed by atoms with E-state index in [1.165, 1.54) is 37.7 Å². The van der Waals surface area contributed by atoms with E-state index in [4.69, 9.17) is 4.74 Å². The highest BCUT2D eigenvalue weighted by Crippen LogP contribution is 2.37. The standard InChI is InChI=1S/C17H22O2S/c18-17-16(12-20-14-9-5-2-6-10-14)15(11-19-17)13-7-3-1-4-8-13/h1,3-4,7-8,14-16H,2,5-6,9-12H2. The van der Waals surface area contributed by atoms with Crippen LogP contribution in [0.25, 0.3) is 0 Å². The number of cyclic esters (lactones) is 1. The summed E-state index contributed by atoms with van der Waals surface area (Å²) in [6.45, 7) is 0.554. The maximum Gasteiger partial charge on any atom is 0.310 e. The Kier molecular flexibility index (Phi) is 4.66. The molecule has 1 heterocycles. The van der Waals surface area contributed by atoms with Crippen LogP contribution in [-0.4, -0.2) is 23.6 Å². The van der Waals surface area contributed by atoms with Crippen molar-refractivity contribution < 1.29 is 9.53 Å². The summed E-state index contributed by atoms with van der Waals surface area (Å²) in [6, 6.07) is 10.3. The lowest BCUT2D eigenvalue weighted by Crippen LogP contribution is -2.20. The maximum atomic E-state index is 12.0. The van der Waals surface area contributed by atoms with Crippen molar-refractivity contribution in [2.75, 3.05) is 12.4 Å². The lowest BCUT2D eigenvalue weighted by Gasteiger charge is -2.23. The molecule has 1 saturated heterocycles. The van der Waals surface area contributed by atoms with Crippen LogP contribution >= 0.6 is 11.8 Å².